The minimum atomic E-state index is -0.506. The Kier molecular flexibility index (Phi) is 6.89. The van der Waals surface area contributed by atoms with E-state index in [4.69, 9.17) is 4.74 Å². The molecular formula is C30H33N5O3. The molecule has 0 saturated carbocycles. The number of carbonyl (C=O) groups is 2. The third-order valence-corrected chi connectivity index (χ3v) is 7.32. The molecule has 0 saturated heterocycles. The van der Waals surface area contributed by atoms with Crippen molar-refractivity contribution in [2.75, 3.05) is 12.4 Å². The fraction of sp³-hybridized carbons (Fsp3) is 0.333. The molecule has 1 aliphatic carbocycles. The van der Waals surface area contributed by atoms with E-state index in [0.29, 0.717) is 29.9 Å². The van der Waals surface area contributed by atoms with Gasteiger partial charge in [-0.1, -0.05) is 12.1 Å². The number of pyridine rings is 1. The van der Waals surface area contributed by atoms with E-state index < -0.39 is 5.92 Å². The van der Waals surface area contributed by atoms with Crippen LogP contribution < -0.4 is 15.4 Å². The number of rotatable bonds is 6. The molecule has 2 aromatic heterocycles. The van der Waals surface area contributed by atoms with Gasteiger partial charge in [0.25, 0.3) is 5.91 Å². The van der Waals surface area contributed by atoms with Crippen molar-refractivity contribution in [3.8, 4) is 5.75 Å². The number of benzene rings is 1. The van der Waals surface area contributed by atoms with E-state index in [9.17, 15) is 9.59 Å². The van der Waals surface area contributed by atoms with Crippen LogP contribution in [-0.2, 0) is 16.1 Å². The molecule has 0 radical (unpaired) electrons. The number of aryl methyl sites for hydroxylation is 3. The zero-order valence-electron chi connectivity index (χ0n) is 22.5. The van der Waals surface area contributed by atoms with Crippen molar-refractivity contribution < 1.29 is 14.3 Å². The summed E-state index contributed by atoms with van der Waals surface area (Å²) >= 11 is 0. The summed E-state index contributed by atoms with van der Waals surface area (Å²) in [6.07, 6.45) is 3.70. The Morgan fingerprint density at radius 1 is 1.16 bits per heavy atom. The summed E-state index contributed by atoms with van der Waals surface area (Å²) in [7, 11) is 1.65. The first kappa shape index (κ1) is 25.4. The Hall–Kier alpha value is -4.20. The average Bonchev–Trinajstić information content (AvgIpc) is 3.20. The van der Waals surface area contributed by atoms with Gasteiger partial charge in [-0.15, -0.1) is 0 Å². The van der Waals surface area contributed by atoms with Crippen molar-refractivity contribution in [2.45, 2.75) is 59.4 Å². The summed E-state index contributed by atoms with van der Waals surface area (Å²) in [4.78, 5) is 31.5. The van der Waals surface area contributed by atoms with Crippen LogP contribution in [0.4, 0.5) is 5.82 Å². The van der Waals surface area contributed by atoms with Crippen LogP contribution in [0.2, 0.25) is 0 Å². The molecule has 0 fully saturated rings. The quantitative estimate of drug-likeness (QED) is 0.490. The van der Waals surface area contributed by atoms with Crippen molar-refractivity contribution in [2.24, 2.45) is 0 Å². The number of methoxy groups -OCH3 is 1. The molecule has 5 rings (SSSR count). The van der Waals surface area contributed by atoms with Gasteiger partial charge >= 0.3 is 0 Å². The first-order chi connectivity index (χ1) is 18.3. The van der Waals surface area contributed by atoms with E-state index >= 15 is 0 Å². The van der Waals surface area contributed by atoms with E-state index in [1.807, 2.05) is 68.8 Å². The lowest BCUT2D eigenvalue weighted by Crippen LogP contribution is -2.35. The van der Waals surface area contributed by atoms with Crippen molar-refractivity contribution in [1.82, 2.24) is 20.1 Å². The number of ether oxygens (including phenoxy) is 1. The number of nitrogens with zero attached hydrogens (tertiary/aromatic N) is 3. The average molecular weight is 512 g/mol. The van der Waals surface area contributed by atoms with Gasteiger partial charge in [-0.3, -0.25) is 14.3 Å². The second-order valence-corrected chi connectivity index (χ2v) is 10.0. The third-order valence-electron chi connectivity index (χ3n) is 7.32. The van der Waals surface area contributed by atoms with E-state index in [-0.39, 0.29) is 11.7 Å². The standard InChI is InChI=1S/C30H33N5O3/c1-17-8-7-13-31-29(17)33-30(37)26-20(4)32-23-9-6-10-24(36)28(23)27(26)21-11-12-25(38-5)22(15-21)16-35-19(3)14-18(2)34-35/h7-8,11-15,27,32H,6,9-10,16H2,1-5H3,(H,31,33,37)/t27-/m0/s1. The van der Waals surface area contributed by atoms with Crippen LogP contribution in [0.15, 0.2) is 65.1 Å². The molecule has 38 heavy (non-hydrogen) atoms. The minimum Gasteiger partial charge on any atom is -0.496 e. The number of dihydropyridines is 1. The monoisotopic (exact) mass is 511 g/mol. The highest BCUT2D eigenvalue weighted by molar-refractivity contribution is 6.09. The van der Waals surface area contributed by atoms with E-state index in [2.05, 4.69) is 20.7 Å². The molecule has 0 spiro atoms. The van der Waals surface area contributed by atoms with Crippen molar-refractivity contribution >= 4 is 17.5 Å². The zero-order valence-corrected chi connectivity index (χ0v) is 22.5. The normalized spacial score (nSPS) is 17.3. The summed E-state index contributed by atoms with van der Waals surface area (Å²) in [6.45, 7) is 8.31. The van der Waals surface area contributed by atoms with Crippen LogP contribution in [0.1, 0.15) is 60.2 Å². The maximum atomic E-state index is 13.8. The maximum Gasteiger partial charge on any atom is 0.255 e. The van der Waals surface area contributed by atoms with E-state index in [1.165, 1.54) is 0 Å². The summed E-state index contributed by atoms with van der Waals surface area (Å²) in [6, 6.07) is 11.7. The summed E-state index contributed by atoms with van der Waals surface area (Å²) in [5, 5.41) is 11.0. The largest absolute Gasteiger partial charge is 0.496 e. The number of aromatic nitrogens is 3. The van der Waals surface area contributed by atoms with Gasteiger partial charge in [0.1, 0.15) is 11.6 Å². The highest BCUT2D eigenvalue weighted by Gasteiger charge is 2.39. The minimum absolute atomic E-state index is 0.0754. The van der Waals surface area contributed by atoms with Crippen LogP contribution in [0.25, 0.3) is 0 Å². The molecular weight excluding hydrogens is 478 g/mol. The van der Waals surface area contributed by atoms with Gasteiger partial charge in [-0.05, 0) is 75.9 Å². The van der Waals surface area contributed by atoms with Gasteiger partial charge in [-0.25, -0.2) is 4.98 Å². The maximum absolute atomic E-state index is 13.8. The van der Waals surface area contributed by atoms with Gasteiger partial charge in [0.05, 0.1) is 19.3 Å². The molecule has 8 heteroatoms. The van der Waals surface area contributed by atoms with Gasteiger partial charge in [0.2, 0.25) is 0 Å². The second-order valence-electron chi connectivity index (χ2n) is 10.0. The summed E-state index contributed by atoms with van der Waals surface area (Å²) in [5.41, 5.74) is 7.50. The molecule has 2 aliphatic rings. The van der Waals surface area contributed by atoms with Crippen LogP contribution in [-0.4, -0.2) is 33.6 Å². The molecule has 1 aromatic carbocycles. The number of ketones is 1. The number of amides is 1. The van der Waals surface area contributed by atoms with Crippen LogP contribution in [0, 0.1) is 20.8 Å². The third kappa shape index (κ3) is 4.74. The Labute approximate surface area is 222 Å². The van der Waals surface area contributed by atoms with E-state index in [1.54, 1.807) is 13.3 Å². The smallest absolute Gasteiger partial charge is 0.255 e. The lowest BCUT2D eigenvalue weighted by molar-refractivity contribution is -0.116. The lowest BCUT2D eigenvalue weighted by Gasteiger charge is -2.34. The molecule has 0 bridgehead atoms. The first-order valence-corrected chi connectivity index (χ1v) is 12.9. The SMILES string of the molecule is COc1ccc([C@H]2C(C(=O)Nc3ncccc3C)=C(C)NC3=C2C(=O)CCC3)cc1Cn1nc(C)cc1C. The number of Topliss-reactive ketones (excluding diaryl/α,β-unsaturated/α-hetero) is 1. The van der Waals surface area contributed by atoms with Gasteiger partial charge in [0.15, 0.2) is 5.78 Å². The Morgan fingerprint density at radius 2 is 1.97 bits per heavy atom. The molecule has 3 heterocycles. The highest BCUT2D eigenvalue weighted by Crippen LogP contribution is 2.43. The lowest BCUT2D eigenvalue weighted by atomic mass is 9.74. The molecule has 0 unspecified atom stereocenters. The van der Waals surface area contributed by atoms with Crippen LogP contribution in [0.5, 0.6) is 5.75 Å². The number of anilines is 1. The molecule has 1 amide bonds. The Bertz CT molecular complexity index is 1500. The number of allylic oxidation sites excluding steroid dienone is 3. The van der Waals surface area contributed by atoms with E-state index in [0.717, 1.165) is 58.1 Å². The molecule has 8 nitrogen and oxygen atoms in total. The number of hydrogen-bond donors (Lipinski definition) is 2. The van der Waals surface area contributed by atoms with Crippen LogP contribution >= 0.6 is 0 Å². The fourth-order valence-electron chi connectivity index (χ4n) is 5.51. The Morgan fingerprint density at radius 3 is 2.68 bits per heavy atom. The van der Waals surface area contributed by atoms with Gasteiger partial charge in [-0.2, -0.15) is 5.10 Å². The molecule has 3 aromatic rings. The second kappa shape index (κ2) is 10.3. The highest BCUT2D eigenvalue weighted by atomic mass is 16.5. The molecule has 1 atom stereocenters. The van der Waals surface area contributed by atoms with Gasteiger partial charge < -0.3 is 15.4 Å². The summed E-state index contributed by atoms with van der Waals surface area (Å²) < 4.78 is 7.63. The van der Waals surface area contributed by atoms with Crippen molar-refractivity contribution in [3.63, 3.8) is 0 Å². The van der Waals surface area contributed by atoms with Crippen LogP contribution in [0.3, 0.4) is 0 Å². The first-order valence-electron chi connectivity index (χ1n) is 12.9. The zero-order chi connectivity index (χ0) is 27.0. The number of nitrogens with one attached hydrogen (secondary N) is 2. The van der Waals surface area contributed by atoms with Crippen molar-refractivity contribution in [3.05, 3.63) is 93.2 Å². The number of carbonyl (C=O) groups excluding carboxylic acids is 2. The van der Waals surface area contributed by atoms with Gasteiger partial charge in [0, 0.05) is 52.3 Å². The topological polar surface area (TPSA) is 98.1 Å². The molecule has 1 aliphatic heterocycles. The predicted octanol–water partition coefficient (Wildman–Crippen LogP) is 4.87. The molecule has 2 N–H and O–H groups in total. The summed E-state index contributed by atoms with van der Waals surface area (Å²) in [5.74, 6) is 0.531. The Balaban J connectivity index is 1.61. The molecule has 196 valence electrons. The number of hydrogen-bond acceptors (Lipinski definition) is 6. The van der Waals surface area contributed by atoms with Crippen molar-refractivity contribution in [1.29, 1.82) is 0 Å². The fourth-order valence-corrected chi connectivity index (χ4v) is 5.51. The predicted molar refractivity (Wildman–Crippen MR) is 146 cm³/mol.